The standard InChI is InChI=1S/C8H15F3N2/c1-4-7(13-6(2)3)12-5-8(9,10)11/h6H,4-5H2,1-3H3,(H,12,13). The third-order valence-corrected chi connectivity index (χ3v) is 1.24. The van der Waals surface area contributed by atoms with Gasteiger partial charge in [0.15, 0.2) is 0 Å². The lowest BCUT2D eigenvalue weighted by molar-refractivity contribution is -0.118. The lowest BCUT2D eigenvalue weighted by Crippen LogP contribution is -2.31. The molecule has 0 aromatic rings. The Morgan fingerprint density at radius 3 is 2.23 bits per heavy atom. The molecule has 0 aliphatic heterocycles. The molecule has 0 aromatic heterocycles. The summed E-state index contributed by atoms with van der Waals surface area (Å²) >= 11 is 0. The van der Waals surface area contributed by atoms with Crippen LogP contribution >= 0.6 is 0 Å². The molecular weight excluding hydrogens is 181 g/mol. The number of hydrogen-bond acceptors (Lipinski definition) is 1. The van der Waals surface area contributed by atoms with Crippen LogP contribution in [0.2, 0.25) is 0 Å². The second-order valence-electron chi connectivity index (χ2n) is 3.03. The molecule has 2 nitrogen and oxygen atoms in total. The highest BCUT2D eigenvalue weighted by molar-refractivity contribution is 5.82. The highest BCUT2D eigenvalue weighted by Gasteiger charge is 2.26. The molecule has 0 aliphatic carbocycles. The van der Waals surface area contributed by atoms with Crippen LogP contribution in [-0.4, -0.2) is 24.6 Å². The molecule has 0 spiro atoms. The number of alkyl halides is 3. The molecule has 0 radical (unpaired) electrons. The maximum Gasteiger partial charge on any atom is 0.408 e. The summed E-state index contributed by atoms with van der Waals surface area (Å²) in [6.07, 6.45) is -3.71. The van der Waals surface area contributed by atoms with Crippen LogP contribution < -0.4 is 5.32 Å². The largest absolute Gasteiger partial charge is 0.408 e. The van der Waals surface area contributed by atoms with Crippen molar-refractivity contribution >= 4 is 5.84 Å². The van der Waals surface area contributed by atoms with Crippen molar-refractivity contribution in [1.82, 2.24) is 5.32 Å². The summed E-state index contributed by atoms with van der Waals surface area (Å²) in [7, 11) is 0. The fourth-order valence-electron chi connectivity index (χ4n) is 0.778. The Morgan fingerprint density at radius 2 is 1.92 bits per heavy atom. The quantitative estimate of drug-likeness (QED) is 0.543. The van der Waals surface area contributed by atoms with Gasteiger partial charge in [-0.2, -0.15) is 13.2 Å². The zero-order chi connectivity index (χ0) is 10.5. The van der Waals surface area contributed by atoms with Crippen LogP contribution in [0, 0.1) is 0 Å². The van der Waals surface area contributed by atoms with Gasteiger partial charge in [0.1, 0.15) is 6.54 Å². The fraction of sp³-hybridized carbons (Fsp3) is 0.875. The van der Waals surface area contributed by atoms with Crippen LogP contribution in [0.15, 0.2) is 4.99 Å². The van der Waals surface area contributed by atoms with Crippen molar-refractivity contribution < 1.29 is 13.2 Å². The molecule has 1 N–H and O–H groups in total. The average molecular weight is 196 g/mol. The lowest BCUT2D eigenvalue weighted by Gasteiger charge is -2.12. The molecule has 5 heteroatoms. The molecule has 13 heavy (non-hydrogen) atoms. The van der Waals surface area contributed by atoms with E-state index in [1.165, 1.54) is 0 Å². The predicted octanol–water partition coefficient (Wildman–Crippen LogP) is 2.36. The summed E-state index contributed by atoms with van der Waals surface area (Å²) in [4.78, 5) is 3.43. The van der Waals surface area contributed by atoms with Gasteiger partial charge < -0.3 is 5.32 Å². The van der Waals surface area contributed by atoms with Crippen molar-refractivity contribution in [3.05, 3.63) is 0 Å². The van der Waals surface area contributed by atoms with Gasteiger partial charge in [0.2, 0.25) is 0 Å². The number of rotatable bonds is 3. The van der Waals surface area contributed by atoms with Gasteiger partial charge in [-0.1, -0.05) is 6.92 Å². The Bertz CT molecular complexity index is 173. The summed E-state index contributed by atoms with van der Waals surface area (Å²) in [6, 6.07) is 0.118. The highest BCUT2D eigenvalue weighted by atomic mass is 19.4. The molecule has 0 atom stereocenters. The highest BCUT2D eigenvalue weighted by Crippen LogP contribution is 2.14. The molecule has 0 bridgehead atoms. The van der Waals surface area contributed by atoms with E-state index in [1.54, 1.807) is 6.92 Å². The zero-order valence-electron chi connectivity index (χ0n) is 8.07. The molecule has 0 aliphatic rings. The van der Waals surface area contributed by atoms with Gasteiger partial charge in [0.25, 0.3) is 0 Å². The Morgan fingerprint density at radius 1 is 1.38 bits per heavy atom. The van der Waals surface area contributed by atoms with Crippen molar-refractivity contribution in [2.45, 2.75) is 39.4 Å². The summed E-state index contributed by atoms with van der Waals surface area (Å²) in [5, 5.41) is 2.85. The van der Waals surface area contributed by atoms with Gasteiger partial charge in [-0.15, -0.1) is 0 Å². The van der Waals surface area contributed by atoms with Crippen molar-refractivity contribution in [2.24, 2.45) is 4.99 Å². The van der Waals surface area contributed by atoms with Crippen molar-refractivity contribution in [3.8, 4) is 0 Å². The van der Waals surface area contributed by atoms with Crippen molar-refractivity contribution in [2.75, 3.05) is 6.54 Å². The van der Waals surface area contributed by atoms with E-state index in [-0.39, 0.29) is 6.04 Å². The minimum atomic E-state index is -4.21. The van der Waals surface area contributed by atoms with E-state index in [9.17, 15) is 13.2 Å². The second kappa shape index (κ2) is 5.09. The van der Waals surface area contributed by atoms with Gasteiger partial charge in [0.05, 0.1) is 5.84 Å². The fourth-order valence-corrected chi connectivity index (χ4v) is 0.778. The van der Waals surface area contributed by atoms with Gasteiger partial charge in [-0.25, -0.2) is 0 Å². The van der Waals surface area contributed by atoms with E-state index in [0.717, 1.165) is 0 Å². The second-order valence-corrected chi connectivity index (χ2v) is 3.03. The molecule has 0 heterocycles. The zero-order valence-corrected chi connectivity index (χ0v) is 8.07. The number of hydrogen-bond donors (Lipinski definition) is 1. The van der Waals surface area contributed by atoms with Crippen LogP contribution in [0.3, 0.4) is 0 Å². The first-order valence-electron chi connectivity index (χ1n) is 4.21. The van der Waals surface area contributed by atoms with Crippen molar-refractivity contribution in [3.63, 3.8) is 0 Å². The van der Waals surface area contributed by atoms with E-state index < -0.39 is 12.7 Å². The van der Waals surface area contributed by atoms with Gasteiger partial charge >= 0.3 is 6.18 Å². The minimum Gasteiger partial charge on any atom is -0.372 e. The molecule has 0 fully saturated rings. The molecular formula is C8H15F3N2. The number of aliphatic imine (C=N–C) groups is 1. The maximum absolute atomic E-state index is 11.8. The third-order valence-electron chi connectivity index (χ3n) is 1.24. The first-order chi connectivity index (χ1) is 5.85. The first-order valence-corrected chi connectivity index (χ1v) is 4.21. The Labute approximate surface area is 76.2 Å². The summed E-state index contributed by atoms with van der Waals surface area (Å²) in [5.74, 6) is 0.410. The van der Waals surface area contributed by atoms with Crippen LogP contribution in [0.1, 0.15) is 27.2 Å². The van der Waals surface area contributed by atoms with Gasteiger partial charge in [-0.05, 0) is 13.8 Å². The van der Waals surface area contributed by atoms with Gasteiger partial charge in [0, 0.05) is 12.5 Å². The monoisotopic (exact) mass is 196 g/mol. The SMILES string of the molecule is CCC(=NCC(F)(F)F)NC(C)C. The summed E-state index contributed by atoms with van der Waals surface area (Å²) < 4.78 is 35.3. The Balaban J connectivity index is 4.07. The molecule has 0 aromatic carbocycles. The maximum atomic E-state index is 11.8. The molecule has 0 saturated carbocycles. The number of nitrogens with zero attached hydrogens (tertiary/aromatic N) is 1. The topological polar surface area (TPSA) is 24.4 Å². The smallest absolute Gasteiger partial charge is 0.372 e. The number of amidine groups is 1. The molecule has 78 valence electrons. The van der Waals surface area contributed by atoms with Crippen LogP contribution in [0.4, 0.5) is 13.2 Å². The molecule has 0 rings (SSSR count). The van der Waals surface area contributed by atoms with Crippen molar-refractivity contribution in [1.29, 1.82) is 0 Å². The van der Waals surface area contributed by atoms with Crippen LogP contribution in [0.5, 0.6) is 0 Å². The average Bonchev–Trinajstić information content (AvgIpc) is 1.95. The van der Waals surface area contributed by atoms with E-state index in [0.29, 0.717) is 12.3 Å². The van der Waals surface area contributed by atoms with E-state index in [2.05, 4.69) is 10.3 Å². The normalized spacial score (nSPS) is 13.6. The van der Waals surface area contributed by atoms with E-state index in [1.807, 2.05) is 13.8 Å². The molecule has 0 unspecified atom stereocenters. The van der Waals surface area contributed by atoms with Crippen LogP contribution in [-0.2, 0) is 0 Å². The lowest BCUT2D eigenvalue weighted by atomic mass is 10.3. The molecule has 0 saturated heterocycles. The number of halogens is 3. The predicted molar refractivity (Wildman–Crippen MR) is 46.9 cm³/mol. The van der Waals surface area contributed by atoms with Gasteiger partial charge in [-0.3, -0.25) is 4.99 Å². The minimum absolute atomic E-state index is 0.118. The number of nitrogens with one attached hydrogen (secondary N) is 1. The third kappa shape index (κ3) is 7.62. The summed E-state index contributed by atoms with van der Waals surface area (Å²) in [5.41, 5.74) is 0. The Kier molecular flexibility index (Phi) is 4.80. The van der Waals surface area contributed by atoms with E-state index in [4.69, 9.17) is 0 Å². The van der Waals surface area contributed by atoms with Crippen LogP contribution in [0.25, 0.3) is 0 Å². The molecule has 0 amide bonds. The summed E-state index contributed by atoms with van der Waals surface area (Å²) in [6.45, 7) is 4.39. The first kappa shape index (κ1) is 12.3. The van der Waals surface area contributed by atoms with E-state index >= 15 is 0 Å². The Hall–Kier alpha value is -0.740.